The van der Waals surface area contributed by atoms with Crippen molar-refractivity contribution in [2.75, 3.05) is 24.7 Å². The second kappa shape index (κ2) is 9.33. The lowest BCUT2D eigenvalue weighted by molar-refractivity contribution is -0.115. The SMILES string of the molecule is CN(C)c1nc(SCC(N)=O)nc(Sc2ccc(Oc3ccccc3)nn2)n1. The molecule has 3 aromatic rings. The van der Waals surface area contributed by atoms with Crippen LogP contribution in [0, 0.1) is 0 Å². The summed E-state index contributed by atoms with van der Waals surface area (Å²) in [6.45, 7) is 0. The molecule has 0 bridgehead atoms. The van der Waals surface area contributed by atoms with Gasteiger partial charge in [0.2, 0.25) is 17.7 Å². The average molecular weight is 416 g/mol. The normalized spacial score (nSPS) is 10.5. The molecule has 0 fully saturated rings. The summed E-state index contributed by atoms with van der Waals surface area (Å²) in [6, 6.07) is 12.8. The van der Waals surface area contributed by atoms with Crippen molar-refractivity contribution in [3.05, 3.63) is 42.5 Å². The van der Waals surface area contributed by atoms with Gasteiger partial charge in [0, 0.05) is 20.2 Å². The number of para-hydroxylation sites is 1. The van der Waals surface area contributed by atoms with Gasteiger partial charge in [0.25, 0.3) is 0 Å². The monoisotopic (exact) mass is 415 g/mol. The van der Waals surface area contributed by atoms with Gasteiger partial charge in [-0.3, -0.25) is 4.79 Å². The number of amides is 1. The molecule has 0 radical (unpaired) electrons. The number of hydrogen-bond acceptors (Lipinski definition) is 10. The Morgan fingerprint density at radius 3 is 2.43 bits per heavy atom. The molecule has 11 heteroatoms. The molecule has 0 unspecified atom stereocenters. The molecular weight excluding hydrogens is 398 g/mol. The average Bonchev–Trinajstić information content (AvgIpc) is 2.68. The van der Waals surface area contributed by atoms with Crippen molar-refractivity contribution in [3.8, 4) is 11.6 Å². The van der Waals surface area contributed by atoms with Gasteiger partial charge in [-0.2, -0.15) is 15.0 Å². The molecule has 28 heavy (non-hydrogen) atoms. The van der Waals surface area contributed by atoms with E-state index >= 15 is 0 Å². The number of carbonyl (C=O) groups excluding carboxylic acids is 1. The summed E-state index contributed by atoms with van der Waals surface area (Å²) in [5.74, 6) is 1.19. The Labute approximate surface area is 170 Å². The minimum Gasteiger partial charge on any atom is -0.438 e. The van der Waals surface area contributed by atoms with Gasteiger partial charge in [-0.05, 0) is 30.0 Å². The highest BCUT2D eigenvalue weighted by Gasteiger charge is 2.12. The molecule has 144 valence electrons. The van der Waals surface area contributed by atoms with Crippen molar-refractivity contribution >= 4 is 35.4 Å². The van der Waals surface area contributed by atoms with E-state index in [1.54, 1.807) is 17.0 Å². The first-order valence-corrected chi connectivity index (χ1v) is 9.89. The lowest BCUT2D eigenvalue weighted by Crippen LogP contribution is -2.16. The highest BCUT2D eigenvalue weighted by molar-refractivity contribution is 8.00. The molecule has 0 spiro atoms. The molecule has 0 saturated carbocycles. The first kappa shape index (κ1) is 19.8. The van der Waals surface area contributed by atoms with E-state index in [0.29, 0.717) is 32.9 Å². The van der Waals surface area contributed by atoms with Gasteiger partial charge < -0.3 is 15.4 Å². The van der Waals surface area contributed by atoms with E-state index in [1.807, 2.05) is 44.4 Å². The Balaban J connectivity index is 1.73. The number of hydrogen-bond donors (Lipinski definition) is 1. The molecule has 2 N–H and O–H groups in total. The summed E-state index contributed by atoms with van der Waals surface area (Å²) < 4.78 is 5.63. The quantitative estimate of drug-likeness (QED) is 0.548. The third kappa shape index (κ3) is 5.79. The third-order valence-electron chi connectivity index (χ3n) is 3.10. The summed E-state index contributed by atoms with van der Waals surface area (Å²) in [5, 5.41) is 9.66. The van der Waals surface area contributed by atoms with Gasteiger partial charge in [-0.15, -0.1) is 10.2 Å². The van der Waals surface area contributed by atoms with E-state index in [2.05, 4.69) is 25.1 Å². The van der Waals surface area contributed by atoms with E-state index in [0.717, 1.165) is 11.8 Å². The summed E-state index contributed by atoms with van der Waals surface area (Å²) in [4.78, 5) is 25.8. The largest absolute Gasteiger partial charge is 0.438 e. The van der Waals surface area contributed by atoms with E-state index in [1.165, 1.54) is 11.8 Å². The molecule has 0 aliphatic rings. The van der Waals surface area contributed by atoms with Crippen LogP contribution in [0.3, 0.4) is 0 Å². The molecule has 0 atom stereocenters. The number of benzene rings is 1. The Morgan fingerprint density at radius 2 is 1.79 bits per heavy atom. The standard InChI is InChI=1S/C17H17N7O2S2/c1-24(2)15-19-16(27-10-12(18)25)21-17(20-15)28-14-9-8-13(22-23-14)26-11-6-4-3-5-7-11/h3-9H,10H2,1-2H3,(H2,18,25). The number of carbonyl (C=O) groups is 1. The van der Waals surface area contributed by atoms with Crippen molar-refractivity contribution in [2.24, 2.45) is 5.73 Å². The predicted molar refractivity (Wildman–Crippen MR) is 107 cm³/mol. The number of nitrogens with zero attached hydrogens (tertiary/aromatic N) is 6. The van der Waals surface area contributed by atoms with Crippen LogP contribution in [-0.2, 0) is 4.79 Å². The summed E-state index contributed by atoms with van der Waals surface area (Å²) >= 11 is 2.39. The summed E-state index contributed by atoms with van der Waals surface area (Å²) in [6.07, 6.45) is 0. The zero-order valence-corrected chi connectivity index (χ0v) is 16.8. The van der Waals surface area contributed by atoms with Crippen molar-refractivity contribution in [1.82, 2.24) is 25.1 Å². The Kier molecular flexibility index (Phi) is 6.61. The van der Waals surface area contributed by atoms with Gasteiger partial charge in [0.1, 0.15) is 10.8 Å². The number of rotatable bonds is 8. The molecule has 9 nitrogen and oxygen atoms in total. The Morgan fingerprint density at radius 1 is 1.04 bits per heavy atom. The van der Waals surface area contributed by atoms with Gasteiger partial charge in [-0.25, -0.2) is 0 Å². The number of nitrogens with two attached hydrogens (primary N) is 1. The fourth-order valence-electron chi connectivity index (χ4n) is 1.89. The van der Waals surface area contributed by atoms with Crippen LogP contribution in [0.2, 0.25) is 0 Å². The minimum absolute atomic E-state index is 0.0896. The zero-order valence-electron chi connectivity index (χ0n) is 15.1. The number of aromatic nitrogens is 5. The molecule has 2 heterocycles. The van der Waals surface area contributed by atoms with E-state index in [9.17, 15) is 4.79 Å². The second-order valence-electron chi connectivity index (χ2n) is 5.58. The number of thioether (sulfide) groups is 1. The van der Waals surface area contributed by atoms with Crippen molar-refractivity contribution in [1.29, 1.82) is 0 Å². The Hall–Kier alpha value is -2.92. The lowest BCUT2D eigenvalue weighted by Gasteiger charge is -2.12. The van der Waals surface area contributed by atoms with Crippen LogP contribution in [0.1, 0.15) is 0 Å². The summed E-state index contributed by atoms with van der Waals surface area (Å²) in [5.41, 5.74) is 5.19. The van der Waals surface area contributed by atoms with Crippen LogP contribution in [0.15, 0.2) is 57.8 Å². The van der Waals surface area contributed by atoms with E-state index in [-0.39, 0.29) is 5.75 Å². The molecule has 3 rings (SSSR count). The first-order valence-electron chi connectivity index (χ1n) is 8.08. The number of primary amides is 1. The zero-order chi connectivity index (χ0) is 19.9. The maximum atomic E-state index is 11.0. The second-order valence-corrected chi connectivity index (χ2v) is 7.51. The third-order valence-corrected chi connectivity index (χ3v) is 4.76. The molecule has 2 aromatic heterocycles. The number of ether oxygens (including phenoxy) is 1. The predicted octanol–water partition coefficient (Wildman–Crippen LogP) is 2.25. The molecule has 0 aliphatic heterocycles. The van der Waals surface area contributed by atoms with E-state index < -0.39 is 5.91 Å². The maximum absolute atomic E-state index is 11.0. The van der Waals surface area contributed by atoms with Crippen LogP contribution in [0.4, 0.5) is 5.95 Å². The topological polar surface area (TPSA) is 120 Å². The van der Waals surface area contributed by atoms with Crippen LogP contribution >= 0.6 is 23.5 Å². The van der Waals surface area contributed by atoms with Gasteiger partial charge in [-0.1, -0.05) is 30.0 Å². The highest BCUT2D eigenvalue weighted by atomic mass is 32.2. The van der Waals surface area contributed by atoms with Gasteiger partial charge in [0.05, 0.1) is 5.75 Å². The molecular formula is C17H17N7O2S2. The molecule has 1 amide bonds. The van der Waals surface area contributed by atoms with Crippen molar-refractivity contribution < 1.29 is 9.53 Å². The highest BCUT2D eigenvalue weighted by Crippen LogP contribution is 2.27. The van der Waals surface area contributed by atoms with Crippen LogP contribution in [-0.4, -0.2) is 50.9 Å². The minimum atomic E-state index is -0.439. The molecule has 0 saturated heterocycles. The summed E-state index contributed by atoms with van der Waals surface area (Å²) in [7, 11) is 3.64. The lowest BCUT2D eigenvalue weighted by atomic mass is 10.3. The van der Waals surface area contributed by atoms with Crippen molar-refractivity contribution in [2.45, 2.75) is 15.3 Å². The maximum Gasteiger partial charge on any atom is 0.238 e. The van der Waals surface area contributed by atoms with Crippen LogP contribution in [0.5, 0.6) is 11.6 Å². The molecule has 0 aliphatic carbocycles. The molecule has 1 aromatic carbocycles. The van der Waals surface area contributed by atoms with Crippen molar-refractivity contribution in [3.63, 3.8) is 0 Å². The van der Waals surface area contributed by atoms with Gasteiger partial charge >= 0.3 is 0 Å². The first-order chi connectivity index (χ1) is 13.5. The van der Waals surface area contributed by atoms with Crippen LogP contribution < -0.4 is 15.4 Å². The van der Waals surface area contributed by atoms with Crippen LogP contribution in [0.25, 0.3) is 0 Å². The fraction of sp³-hybridized carbons (Fsp3) is 0.176. The smallest absolute Gasteiger partial charge is 0.238 e. The van der Waals surface area contributed by atoms with Gasteiger partial charge in [0.15, 0.2) is 10.3 Å². The Bertz CT molecular complexity index is 940. The fourth-order valence-corrected chi connectivity index (χ4v) is 3.18. The van der Waals surface area contributed by atoms with E-state index in [4.69, 9.17) is 10.5 Å². The number of anilines is 1.